The molecule has 1 saturated heterocycles. The summed E-state index contributed by atoms with van der Waals surface area (Å²) >= 11 is 0. The Kier molecular flexibility index (Phi) is 5.00. The van der Waals surface area contributed by atoms with Crippen molar-refractivity contribution in [2.75, 3.05) is 29.9 Å². The Hall–Kier alpha value is -3.29. The van der Waals surface area contributed by atoms with Crippen LogP contribution in [-0.4, -0.2) is 42.3 Å². The highest BCUT2D eigenvalue weighted by Crippen LogP contribution is 2.32. The lowest BCUT2D eigenvalue weighted by molar-refractivity contribution is -0.125. The lowest BCUT2D eigenvalue weighted by Gasteiger charge is -2.36. The standard InChI is InChI=1S/C21H19F2N3O3/c22-14-5-6-15(16(23)11-14)21(29)25-9-7-13(8-10-25)20(28)26-12-19(27)24-17-3-1-2-4-18(17)26/h1-6,11,13H,7-10,12H2,(H,24,27). The minimum absolute atomic E-state index is 0.0459. The summed E-state index contributed by atoms with van der Waals surface area (Å²) in [6.07, 6.45) is 0.821. The molecular formula is C21H19F2N3O3. The van der Waals surface area contributed by atoms with Gasteiger partial charge in [0.1, 0.15) is 18.2 Å². The maximum absolute atomic E-state index is 13.9. The first kappa shape index (κ1) is 19.0. The average molecular weight is 399 g/mol. The Morgan fingerprint density at radius 3 is 2.48 bits per heavy atom. The van der Waals surface area contributed by atoms with E-state index in [0.717, 1.165) is 12.1 Å². The molecule has 0 aromatic heterocycles. The number of hydrogen-bond acceptors (Lipinski definition) is 3. The molecule has 2 aromatic rings. The van der Waals surface area contributed by atoms with E-state index in [2.05, 4.69) is 5.32 Å². The zero-order valence-electron chi connectivity index (χ0n) is 15.5. The molecule has 6 nitrogen and oxygen atoms in total. The third kappa shape index (κ3) is 3.70. The number of halogens is 2. The van der Waals surface area contributed by atoms with Crippen LogP contribution in [0.15, 0.2) is 42.5 Å². The van der Waals surface area contributed by atoms with Crippen LogP contribution in [0.5, 0.6) is 0 Å². The monoisotopic (exact) mass is 399 g/mol. The van der Waals surface area contributed by atoms with E-state index in [1.807, 2.05) is 0 Å². The number of fused-ring (bicyclic) bond motifs is 1. The van der Waals surface area contributed by atoms with Crippen molar-refractivity contribution < 1.29 is 23.2 Å². The largest absolute Gasteiger partial charge is 0.339 e. The molecule has 1 fully saturated rings. The number of benzene rings is 2. The molecule has 0 saturated carbocycles. The lowest BCUT2D eigenvalue weighted by Crippen LogP contribution is -2.48. The SMILES string of the molecule is O=C1CN(C(=O)C2CCN(C(=O)c3ccc(F)cc3F)CC2)c2ccccc2N1. The Balaban J connectivity index is 1.44. The highest BCUT2D eigenvalue weighted by atomic mass is 19.1. The van der Waals surface area contributed by atoms with Gasteiger partial charge in [0.25, 0.3) is 5.91 Å². The summed E-state index contributed by atoms with van der Waals surface area (Å²) in [5, 5.41) is 2.75. The third-order valence-electron chi connectivity index (χ3n) is 5.33. The van der Waals surface area contributed by atoms with Crippen LogP contribution in [0.4, 0.5) is 20.2 Å². The molecule has 2 aliphatic rings. The second kappa shape index (κ2) is 7.62. The van der Waals surface area contributed by atoms with Crippen molar-refractivity contribution in [1.82, 2.24) is 4.90 Å². The van der Waals surface area contributed by atoms with Gasteiger partial charge in [0, 0.05) is 25.1 Å². The normalized spacial score (nSPS) is 17.0. The average Bonchev–Trinajstić information content (AvgIpc) is 2.72. The van der Waals surface area contributed by atoms with Gasteiger partial charge in [-0.05, 0) is 37.1 Å². The number of carbonyl (C=O) groups excluding carboxylic acids is 3. The second-order valence-electron chi connectivity index (χ2n) is 7.18. The van der Waals surface area contributed by atoms with Gasteiger partial charge in [-0.1, -0.05) is 12.1 Å². The maximum atomic E-state index is 13.9. The maximum Gasteiger partial charge on any atom is 0.256 e. The van der Waals surface area contributed by atoms with E-state index in [4.69, 9.17) is 0 Å². The lowest BCUT2D eigenvalue weighted by atomic mass is 9.94. The van der Waals surface area contributed by atoms with Crippen molar-refractivity contribution in [3.8, 4) is 0 Å². The smallest absolute Gasteiger partial charge is 0.256 e. The van der Waals surface area contributed by atoms with Crippen molar-refractivity contribution in [3.05, 3.63) is 59.7 Å². The fraction of sp³-hybridized carbons (Fsp3) is 0.286. The van der Waals surface area contributed by atoms with Gasteiger partial charge in [-0.3, -0.25) is 14.4 Å². The number of rotatable bonds is 2. The molecule has 0 spiro atoms. The van der Waals surface area contributed by atoms with Crippen LogP contribution >= 0.6 is 0 Å². The van der Waals surface area contributed by atoms with Crippen molar-refractivity contribution in [2.24, 2.45) is 5.92 Å². The number of nitrogens with one attached hydrogen (secondary N) is 1. The van der Waals surface area contributed by atoms with Crippen molar-refractivity contribution >= 4 is 29.1 Å². The summed E-state index contributed by atoms with van der Waals surface area (Å²) in [5.74, 6) is -2.91. The van der Waals surface area contributed by atoms with Gasteiger partial charge in [-0.25, -0.2) is 8.78 Å². The molecule has 0 radical (unpaired) electrons. The molecule has 29 heavy (non-hydrogen) atoms. The first-order valence-corrected chi connectivity index (χ1v) is 9.38. The van der Waals surface area contributed by atoms with Crippen LogP contribution in [0.3, 0.4) is 0 Å². The number of amides is 3. The number of hydrogen-bond donors (Lipinski definition) is 1. The fourth-order valence-electron chi connectivity index (χ4n) is 3.81. The van der Waals surface area contributed by atoms with Gasteiger partial charge in [0.2, 0.25) is 11.8 Å². The highest BCUT2D eigenvalue weighted by molar-refractivity contribution is 6.10. The molecule has 4 rings (SSSR count). The fourth-order valence-corrected chi connectivity index (χ4v) is 3.81. The zero-order chi connectivity index (χ0) is 20.5. The molecule has 8 heteroatoms. The van der Waals surface area contributed by atoms with Crippen LogP contribution in [0.1, 0.15) is 23.2 Å². The molecule has 2 aliphatic heterocycles. The highest BCUT2D eigenvalue weighted by Gasteiger charge is 2.34. The van der Waals surface area contributed by atoms with Crippen molar-refractivity contribution in [2.45, 2.75) is 12.8 Å². The van der Waals surface area contributed by atoms with Gasteiger partial charge in [-0.2, -0.15) is 0 Å². The number of anilines is 2. The minimum Gasteiger partial charge on any atom is -0.339 e. The second-order valence-corrected chi connectivity index (χ2v) is 7.18. The number of likely N-dealkylation sites (tertiary alicyclic amines) is 1. The quantitative estimate of drug-likeness (QED) is 0.844. The first-order chi connectivity index (χ1) is 13.9. The van der Waals surface area contributed by atoms with Gasteiger partial charge in [0.05, 0.1) is 16.9 Å². The van der Waals surface area contributed by atoms with Crippen LogP contribution in [0.25, 0.3) is 0 Å². The van der Waals surface area contributed by atoms with Crippen molar-refractivity contribution in [1.29, 1.82) is 0 Å². The molecule has 2 aromatic carbocycles. The minimum atomic E-state index is -0.899. The summed E-state index contributed by atoms with van der Waals surface area (Å²) in [4.78, 5) is 40.5. The van der Waals surface area contributed by atoms with Gasteiger partial charge < -0.3 is 15.1 Å². The summed E-state index contributed by atoms with van der Waals surface area (Å²) in [7, 11) is 0. The Morgan fingerprint density at radius 2 is 1.76 bits per heavy atom. The molecule has 150 valence electrons. The van der Waals surface area contributed by atoms with Crippen LogP contribution in [0.2, 0.25) is 0 Å². The summed E-state index contributed by atoms with van der Waals surface area (Å²) in [6.45, 7) is 0.525. The molecule has 0 aliphatic carbocycles. The Morgan fingerprint density at radius 1 is 1.03 bits per heavy atom. The van der Waals surface area contributed by atoms with Crippen LogP contribution < -0.4 is 10.2 Å². The number of piperidine rings is 1. The molecule has 2 heterocycles. The Labute approximate surface area is 166 Å². The van der Waals surface area contributed by atoms with Gasteiger partial charge in [0.15, 0.2) is 0 Å². The van der Waals surface area contributed by atoms with E-state index in [1.54, 1.807) is 24.3 Å². The topological polar surface area (TPSA) is 69.7 Å². The molecular weight excluding hydrogens is 380 g/mol. The molecule has 0 unspecified atom stereocenters. The van der Waals surface area contributed by atoms with E-state index < -0.39 is 17.5 Å². The van der Waals surface area contributed by atoms with Gasteiger partial charge >= 0.3 is 0 Å². The number of carbonyl (C=O) groups is 3. The summed E-state index contributed by atoms with van der Waals surface area (Å²) < 4.78 is 27.0. The number of nitrogens with zero attached hydrogens (tertiary/aromatic N) is 2. The zero-order valence-corrected chi connectivity index (χ0v) is 15.5. The van der Waals surface area contributed by atoms with Crippen LogP contribution in [-0.2, 0) is 9.59 Å². The predicted molar refractivity (Wildman–Crippen MR) is 102 cm³/mol. The third-order valence-corrected chi connectivity index (χ3v) is 5.33. The molecule has 3 amide bonds. The Bertz CT molecular complexity index is 987. The van der Waals surface area contributed by atoms with E-state index in [0.29, 0.717) is 30.3 Å². The number of para-hydroxylation sites is 2. The molecule has 0 bridgehead atoms. The van der Waals surface area contributed by atoms with Gasteiger partial charge in [-0.15, -0.1) is 0 Å². The van der Waals surface area contributed by atoms with Crippen molar-refractivity contribution in [3.63, 3.8) is 0 Å². The predicted octanol–water partition coefficient (Wildman–Crippen LogP) is 2.80. The summed E-state index contributed by atoms with van der Waals surface area (Å²) in [6, 6.07) is 9.97. The van der Waals surface area contributed by atoms with E-state index >= 15 is 0 Å². The van der Waals surface area contributed by atoms with E-state index in [1.165, 1.54) is 9.80 Å². The molecule has 0 atom stereocenters. The van der Waals surface area contributed by atoms with E-state index in [-0.39, 0.29) is 42.9 Å². The van der Waals surface area contributed by atoms with E-state index in [9.17, 15) is 23.2 Å². The molecule has 1 N–H and O–H groups in total. The van der Waals surface area contributed by atoms with Crippen LogP contribution in [0, 0.1) is 17.6 Å². The summed E-state index contributed by atoms with van der Waals surface area (Å²) in [5.41, 5.74) is 1.07. The first-order valence-electron chi connectivity index (χ1n) is 9.38.